The topological polar surface area (TPSA) is 66.5 Å². The van der Waals surface area contributed by atoms with E-state index in [-0.39, 0.29) is 0 Å². The second-order valence-electron chi connectivity index (χ2n) is 9.82. The third kappa shape index (κ3) is 10.3. The summed E-state index contributed by atoms with van der Waals surface area (Å²) in [6.07, 6.45) is 17.2. The number of H-pyrrole nitrogens is 1. The highest BCUT2D eigenvalue weighted by atomic mass is 14.9. The van der Waals surface area contributed by atoms with Crippen LogP contribution >= 0.6 is 0 Å². The van der Waals surface area contributed by atoms with Gasteiger partial charge in [0.05, 0.1) is 5.69 Å². The van der Waals surface area contributed by atoms with Gasteiger partial charge in [-0.05, 0) is 78.8 Å². The van der Waals surface area contributed by atoms with Crippen molar-refractivity contribution in [1.82, 2.24) is 25.3 Å². The van der Waals surface area contributed by atoms with Gasteiger partial charge in [0.1, 0.15) is 5.82 Å². The predicted octanol–water partition coefficient (Wildman–Crippen LogP) is 9.74. The van der Waals surface area contributed by atoms with E-state index in [1.807, 2.05) is 84.4 Å². The second kappa shape index (κ2) is 19.3. The smallest absolute Gasteiger partial charge is 0.138 e. The van der Waals surface area contributed by atoms with Crippen LogP contribution in [0.25, 0.3) is 16.7 Å². The molecule has 5 heteroatoms. The fraction of sp³-hybridized carbons (Fsp3) is 0.225. The number of hydrogen-bond donors (Lipinski definition) is 2. The number of aromatic amines is 1. The molecule has 0 aliphatic rings. The molecule has 0 amide bonds. The highest BCUT2D eigenvalue weighted by molar-refractivity contribution is 5.83. The average molecular weight is 600 g/mol. The number of nitrogens with one attached hydrogen (secondary N) is 2. The van der Waals surface area contributed by atoms with Crippen LogP contribution in [0.3, 0.4) is 0 Å². The van der Waals surface area contributed by atoms with Gasteiger partial charge in [-0.3, -0.25) is 9.97 Å². The zero-order valence-corrected chi connectivity index (χ0v) is 28.1. The normalized spacial score (nSPS) is 11.4. The average Bonchev–Trinajstić information content (AvgIpc) is 3.49. The maximum atomic E-state index is 4.90. The zero-order chi connectivity index (χ0) is 33.2. The van der Waals surface area contributed by atoms with Gasteiger partial charge in [0, 0.05) is 59.9 Å². The van der Waals surface area contributed by atoms with Crippen LogP contribution < -0.4 is 5.32 Å². The van der Waals surface area contributed by atoms with E-state index in [1.165, 1.54) is 11.1 Å². The predicted molar refractivity (Wildman–Crippen MR) is 195 cm³/mol. The van der Waals surface area contributed by atoms with Gasteiger partial charge in [-0.2, -0.15) is 0 Å². The van der Waals surface area contributed by atoms with E-state index >= 15 is 0 Å². The second-order valence-corrected chi connectivity index (χ2v) is 9.82. The van der Waals surface area contributed by atoms with E-state index in [0.717, 1.165) is 57.8 Å². The van der Waals surface area contributed by atoms with Gasteiger partial charge >= 0.3 is 0 Å². The molecule has 0 atom stereocenters. The molecule has 3 heterocycles. The van der Waals surface area contributed by atoms with E-state index in [2.05, 4.69) is 83.3 Å². The first-order valence-corrected chi connectivity index (χ1v) is 15.6. The molecule has 234 valence electrons. The lowest BCUT2D eigenvalue weighted by atomic mass is 10.0. The molecule has 0 aliphatic carbocycles. The van der Waals surface area contributed by atoms with Gasteiger partial charge in [0.15, 0.2) is 0 Å². The summed E-state index contributed by atoms with van der Waals surface area (Å²) in [7, 11) is 1.88. The van der Waals surface area contributed by atoms with Crippen LogP contribution in [0.1, 0.15) is 74.1 Å². The van der Waals surface area contributed by atoms with Crippen molar-refractivity contribution in [2.24, 2.45) is 0 Å². The summed E-state index contributed by atoms with van der Waals surface area (Å²) in [6.45, 7) is 24.6. The maximum Gasteiger partial charge on any atom is 0.138 e. The number of aromatic nitrogens is 4. The third-order valence-corrected chi connectivity index (χ3v) is 6.96. The number of nitrogens with zero attached hydrogens (tertiary/aromatic N) is 3. The molecule has 5 nitrogen and oxygen atoms in total. The molecule has 4 rings (SSSR count). The Morgan fingerprint density at radius 2 is 1.51 bits per heavy atom. The minimum absolute atomic E-state index is 0.670. The lowest BCUT2D eigenvalue weighted by Gasteiger charge is -2.12. The molecule has 3 aromatic heterocycles. The summed E-state index contributed by atoms with van der Waals surface area (Å²) in [5.41, 5.74) is 10.8. The van der Waals surface area contributed by atoms with Gasteiger partial charge in [-0.25, -0.2) is 4.98 Å². The molecule has 0 unspecified atom stereocenters. The van der Waals surface area contributed by atoms with Crippen LogP contribution in [-0.2, 0) is 12.8 Å². The van der Waals surface area contributed by atoms with E-state index in [9.17, 15) is 0 Å². The summed E-state index contributed by atoms with van der Waals surface area (Å²) in [6, 6.07) is 16.7. The monoisotopic (exact) mass is 599 g/mol. The Balaban J connectivity index is 0.00000169. The Morgan fingerprint density at radius 3 is 2.16 bits per heavy atom. The molecule has 45 heavy (non-hydrogen) atoms. The van der Waals surface area contributed by atoms with Crippen molar-refractivity contribution < 1.29 is 0 Å². The van der Waals surface area contributed by atoms with Crippen molar-refractivity contribution in [3.05, 3.63) is 168 Å². The summed E-state index contributed by atoms with van der Waals surface area (Å²) in [4.78, 5) is 16.9. The van der Waals surface area contributed by atoms with Crippen molar-refractivity contribution in [3.63, 3.8) is 0 Å². The lowest BCUT2D eigenvalue weighted by molar-refractivity contribution is 0.948. The number of aryl methyl sites for hydroxylation is 3. The summed E-state index contributed by atoms with van der Waals surface area (Å²) < 4.78 is 0. The summed E-state index contributed by atoms with van der Waals surface area (Å²) in [5.74, 6) is 0.670. The van der Waals surface area contributed by atoms with E-state index < -0.39 is 0 Å². The van der Waals surface area contributed by atoms with Crippen LogP contribution in [0.15, 0.2) is 129 Å². The standard InChI is InChI=1S/C36H37N5.2C2H6/c1-7-11-33(31-18-20-38-21-19-31)35-28(5)40-36(41-35)27(4)26(3)34(37-6)17-14-25(2)32-22-30(23-39-24-32)16-15-29-12-9-8-10-13-29;2*1-2/h7-14,17-24,37H,1,3-4,15-16H2,2,5-6H3,(H,40,41);2*1-2H3/b25-14+,33-11-,34-17+;;. The molecular formula is C40H49N5. The Labute approximate surface area is 271 Å². The first-order chi connectivity index (χ1) is 21.9. The van der Waals surface area contributed by atoms with E-state index in [1.54, 1.807) is 18.5 Å². The third-order valence-electron chi connectivity index (χ3n) is 6.96. The van der Waals surface area contributed by atoms with Gasteiger partial charge < -0.3 is 10.3 Å². The molecule has 4 aromatic rings. The Kier molecular flexibility index (Phi) is 15.5. The summed E-state index contributed by atoms with van der Waals surface area (Å²) in [5, 5.41) is 3.27. The molecular weight excluding hydrogens is 550 g/mol. The molecule has 1 aromatic carbocycles. The Hall–Kier alpha value is -5.03. The van der Waals surface area contributed by atoms with Gasteiger partial charge in [-0.1, -0.05) is 96.0 Å². The fourth-order valence-corrected chi connectivity index (χ4v) is 4.54. The van der Waals surface area contributed by atoms with Crippen LogP contribution in [0.4, 0.5) is 0 Å². The number of pyridine rings is 2. The van der Waals surface area contributed by atoms with Crippen LogP contribution in [-0.4, -0.2) is 27.0 Å². The van der Waals surface area contributed by atoms with Crippen LogP contribution in [0.5, 0.6) is 0 Å². The Bertz CT molecular complexity index is 1620. The molecule has 0 saturated carbocycles. The van der Waals surface area contributed by atoms with Crippen molar-refractivity contribution >= 4 is 16.7 Å². The number of hydrogen-bond acceptors (Lipinski definition) is 4. The maximum absolute atomic E-state index is 4.90. The zero-order valence-electron chi connectivity index (χ0n) is 28.1. The number of imidazole rings is 1. The van der Waals surface area contributed by atoms with Crippen LogP contribution in [0, 0.1) is 6.92 Å². The van der Waals surface area contributed by atoms with Gasteiger partial charge in [0.2, 0.25) is 0 Å². The van der Waals surface area contributed by atoms with E-state index in [4.69, 9.17) is 4.98 Å². The number of likely N-dealkylation sites (N-methyl/N-ethyl adjacent to an activating group) is 1. The molecule has 0 saturated heterocycles. The SMILES string of the molecule is C=C/C=C(/c1ccncc1)c1nc(C(=C)C(=C)/C(=C\C=C(/C)c2cncc(CCc3ccccc3)c2)NC)[nH]c1C.CC.CC. The van der Waals surface area contributed by atoms with Crippen molar-refractivity contribution in [1.29, 1.82) is 0 Å². The fourth-order valence-electron chi connectivity index (χ4n) is 4.54. The van der Waals surface area contributed by atoms with Crippen molar-refractivity contribution in [2.45, 2.75) is 54.4 Å². The molecule has 0 bridgehead atoms. The van der Waals surface area contributed by atoms with E-state index in [0.29, 0.717) is 11.4 Å². The molecule has 0 aliphatic heterocycles. The number of benzene rings is 1. The molecule has 0 fully saturated rings. The van der Waals surface area contributed by atoms with Gasteiger partial charge in [-0.15, -0.1) is 0 Å². The Morgan fingerprint density at radius 1 is 0.844 bits per heavy atom. The summed E-state index contributed by atoms with van der Waals surface area (Å²) >= 11 is 0. The lowest BCUT2D eigenvalue weighted by Crippen LogP contribution is -2.09. The number of allylic oxidation sites excluding steroid dienone is 6. The molecule has 2 N–H and O–H groups in total. The van der Waals surface area contributed by atoms with Gasteiger partial charge in [0.25, 0.3) is 0 Å². The van der Waals surface area contributed by atoms with Crippen LogP contribution in [0.2, 0.25) is 0 Å². The largest absolute Gasteiger partial charge is 0.388 e. The van der Waals surface area contributed by atoms with Crippen molar-refractivity contribution in [2.75, 3.05) is 7.05 Å². The highest BCUT2D eigenvalue weighted by Crippen LogP contribution is 2.29. The van der Waals surface area contributed by atoms with Crippen molar-refractivity contribution in [3.8, 4) is 0 Å². The highest BCUT2D eigenvalue weighted by Gasteiger charge is 2.17. The number of rotatable bonds is 12. The molecule has 0 spiro atoms. The molecule has 0 radical (unpaired) electrons. The first kappa shape index (κ1) is 36.2. The minimum Gasteiger partial charge on any atom is -0.388 e. The quantitative estimate of drug-likeness (QED) is 0.159. The first-order valence-electron chi connectivity index (χ1n) is 15.6. The minimum atomic E-state index is 0.670.